The van der Waals surface area contributed by atoms with Crippen LogP contribution in [0.25, 0.3) is 0 Å². The van der Waals surface area contributed by atoms with Gasteiger partial charge in [-0.1, -0.05) is 78.6 Å². The summed E-state index contributed by atoms with van der Waals surface area (Å²) in [7, 11) is 2.12. The molecule has 0 aromatic rings. The molecule has 0 amide bonds. The highest BCUT2D eigenvalue weighted by Crippen LogP contribution is 2.22. The Morgan fingerprint density at radius 3 is 0.643 bits per heavy atom. The third-order valence-electron chi connectivity index (χ3n) is 8.94. The predicted molar refractivity (Wildman–Crippen MR) is 301 cm³/mol. The summed E-state index contributed by atoms with van der Waals surface area (Å²) in [6.07, 6.45) is 14.7. The average molecular weight is 1070 g/mol. The first-order valence-corrected chi connectivity index (χ1v) is 33.1. The number of rotatable bonds is 43. The summed E-state index contributed by atoms with van der Waals surface area (Å²) in [5, 5.41) is 46.0. The fourth-order valence-corrected chi connectivity index (χ4v) is 13.8. The van der Waals surface area contributed by atoms with Gasteiger partial charge in [0.15, 0.2) is 0 Å². The van der Waals surface area contributed by atoms with Crippen molar-refractivity contribution in [3.05, 3.63) is 0 Å². The maximum atomic E-state index is 8.00. The molecule has 9 N–H and O–H groups in total. The van der Waals surface area contributed by atoms with Crippen molar-refractivity contribution in [3.63, 3.8) is 0 Å². The molecule has 434 valence electrons. The van der Waals surface area contributed by atoms with E-state index in [1.807, 2.05) is 62.7 Å². The van der Waals surface area contributed by atoms with Crippen LogP contribution in [-0.4, -0.2) is 201 Å². The predicted octanol–water partition coefficient (Wildman–Crippen LogP) is 6.84. The summed E-state index contributed by atoms with van der Waals surface area (Å²) in [6, 6.07) is 2.83. The lowest BCUT2D eigenvalue weighted by atomic mass is 10.2. The molecule has 21 heteroatoms. The monoisotopic (exact) mass is 1070 g/mol. The standard InChI is InChI=1S/C14H34N2O3Si.C13H31NO3Si.C12H28O3Si.2C3H9NO.2C2H6O/c1-5-7-8-9-14-20(17-6-2,18-12-10-15-3)19-13-11-16-4;1-5-8-9-10-13-18(15-6-2,16-7-3)17-12-11-14-4;1-5-9-10-11-12-16(13-6-2,14-7-3)15-8-4;2*1-4-2-3-5;2*1-2-3/h15-16H,5-14H2,1-4H3;14H,5-13H2,1-4H3;5-12H2,1-4H3;2*4-5H,2-3H2,1H3;2*3H,2H2,1H3. The molecule has 0 saturated carbocycles. The second-order valence-corrected chi connectivity index (χ2v) is 23.4. The van der Waals surface area contributed by atoms with Crippen LogP contribution in [0, 0.1) is 0 Å². The van der Waals surface area contributed by atoms with Crippen molar-refractivity contribution < 1.29 is 60.3 Å². The number of hydrogen-bond donors (Lipinski definition) is 9. The second kappa shape index (κ2) is 75.4. The minimum Gasteiger partial charge on any atom is -0.397 e. The van der Waals surface area contributed by atoms with Gasteiger partial charge in [-0.25, -0.2) is 0 Å². The molecule has 0 aliphatic rings. The molecular weight excluding hydrogens is 951 g/mol. The van der Waals surface area contributed by atoms with Gasteiger partial charge in [0.05, 0.1) is 33.0 Å². The Morgan fingerprint density at radius 2 is 0.486 bits per heavy atom. The Balaban J connectivity index is -0.000000147. The maximum Gasteiger partial charge on any atom is 0.501 e. The topological polar surface area (TPSA) is 224 Å². The summed E-state index contributed by atoms with van der Waals surface area (Å²) >= 11 is 0. The summed E-state index contributed by atoms with van der Waals surface area (Å²) in [5.74, 6) is 0. The summed E-state index contributed by atoms with van der Waals surface area (Å²) < 4.78 is 53.1. The fraction of sp³-hybridized carbons (Fsp3) is 1.00. The SMILES string of the molecule is CCCCCC[Si](OCC)(OCC)OCC.CCCCCC[Si](OCC)(OCC)OCCNC.CCCCCC[Si](OCC)(OCCNC)OCCNC.CCO.CCO.CNCCO.CNCCO. The zero-order valence-electron chi connectivity index (χ0n) is 48.8. The van der Waals surface area contributed by atoms with Gasteiger partial charge >= 0.3 is 26.4 Å². The van der Waals surface area contributed by atoms with Gasteiger partial charge in [-0.15, -0.1) is 0 Å². The van der Waals surface area contributed by atoms with Gasteiger partial charge in [0.25, 0.3) is 0 Å². The molecule has 18 nitrogen and oxygen atoms in total. The molecule has 0 unspecified atom stereocenters. The first kappa shape index (κ1) is 83.9. The van der Waals surface area contributed by atoms with E-state index in [0.29, 0.717) is 72.6 Å². The van der Waals surface area contributed by atoms with E-state index in [9.17, 15) is 0 Å². The number of unbranched alkanes of at least 4 members (excludes halogenated alkanes) is 9. The summed E-state index contributed by atoms with van der Waals surface area (Å²) in [4.78, 5) is 0. The van der Waals surface area contributed by atoms with Gasteiger partial charge in [-0.05, 0) is 110 Å². The van der Waals surface area contributed by atoms with Crippen LogP contribution >= 0.6 is 0 Å². The van der Waals surface area contributed by atoms with Crippen LogP contribution in [0.15, 0.2) is 0 Å². The molecule has 0 rings (SSSR count). The van der Waals surface area contributed by atoms with Gasteiger partial charge in [0, 0.05) is 104 Å². The maximum absolute atomic E-state index is 8.00. The van der Waals surface area contributed by atoms with E-state index in [2.05, 4.69) is 47.4 Å². The first-order valence-electron chi connectivity index (χ1n) is 27.3. The molecule has 0 saturated heterocycles. The molecule has 0 heterocycles. The van der Waals surface area contributed by atoms with Crippen LogP contribution in [0.4, 0.5) is 0 Å². The van der Waals surface area contributed by atoms with Crippen molar-refractivity contribution in [2.75, 3.05) is 154 Å². The number of aliphatic hydroxyl groups is 4. The average Bonchev–Trinajstić information content (AvgIpc) is 3.33. The lowest BCUT2D eigenvalue weighted by Crippen LogP contribution is -2.48. The highest BCUT2D eigenvalue weighted by molar-refractivity contribution is 6.61. The molecule has 0 atom stereocenters. The molecular formula is C49H123N5O13Si3. The van der Waals surface area contributed by atoms with E-state index in [1.165, 1.54) is 57.8 Å². The third-order valence-corrected chi connectivity index (χ3v) is 18.1. The normalized spacial score (nSPS) is 11.0. The zero-order valence-corrected chi connectivity index (χ0v) is 51.8. The minimum absolute atomic E-state index is 0.233. The molecule has 0 aromatic heterocycles. The van der Waals surface area contributed by atoms with Crippen LogP contribution in [0.1, 0.15) is 153 Å². The number of likely N-dealkylation sites (N-methyl/N-ethyl adjacent to an activating group) is 5. The zero-order chi connectivity index (χ0) is 54.7. The van der Waals surface area contributed by atoms with Crippen molar-refractivity contribution in [3.8, 4) is 0 Å². The quantitative estimate of drug-likeness (QED) is 0.0225. The van der Waals surface area contributed by atoms with Gasteiger partial charge in [0.1, 0.15) is 0 Å². The van der Waals surface area contributed by atoms with E-state index < -0.39 is 26.4 Å². The van der Waals surface area contributed by atoms with E-state index >= 15 is 0 Å². The Hall–Kier alpha value is -0.0694. The van der Waals surface area contributed by atoms with Crippen LogP contribution in [-0.2, 0) is 39.8 Å². The van der Waals surface area contributed by atoms with Crippen LogP contribution in [0.3, 0.4) is 0 Å². The van der Waals surface area contributed by atoms with Gasteiger partial charge < -0.3 is 86.8 Å². The summed E-state index contributed by atoms with van der Waals surface area (Å²) in [5.41, 5.74) is 0. The van der Waals surface area contributed by atoms with Crippen molar-refractivity contribution in [2.24, 2.45) is 0 Å². The molecule has 0 aliphatic heterocycles. The van der Waals surface area contributed by atoms with E-state index in [1.54, 1.807) is 27.9 Å². The van der Waals surface area contributed by atoms with Crippen LogP contribution in [0.2, 0.25) is 18.1 Å². The Labute approximate surface area is 436 Å². The van der Waals surface area contributed by atoms with Crippen molar-refractivity contribution in [1.29, 1.82) is 0 Å². The highest BCUT2D eigenvalue weighted by atomic mass is 28.4. The number of hydrogen-bond acceptors (Lipinski definition) is 18. The molecule has 0 spiro atoms. The van der Waals surface area contributed by atoms with Gasteiger partial charge in [0.2, 0.25) is 0 Å². The summed E-state index contributed by atoms with van der Waals surface area (Å²) in [6.45, 7) is 32.9. The largest absolute Gasteiger partial charge is 0.501 e. The Morgan fingerprint density at radius 1 is 0.286 bits per heavy atom. The third kappa shape index (κ3) is 67.9. The van der Waals surface area contributed by atoms with E-state index in [0.717, 1.165) is 57.0 Å². The Bertz CT molecular complexity index is 821. The Kier molecular flexibility index (Phi) is 90.4. The van der Waals surface area contributed by atoms with Gasteiger partial charge in [-0.2, -0.15) is 0 Å². The molecule has 0 fully saturated rings. The molecule has 70 heavy (non-hydrogen) atoms. The second-order valence-electron chi connectivity index (χ2n) is 15.2. The molecule has 0 radical (unpaired) electrons. The smallest absolute Gasteiger partial charge is 0.397 e. The van der Waals surface area contributed by atoms with Gasteiger partial charge in [-0.3, -0.25) is 0 Å². The fourth-order valence-electron chi connectivity index (χ4n) is 5.80. The lowest BCUT2D eigenvalue weighted by molar-refractivity contribution is 0.0642. The van der Waals surface area contributed by atoms with E-state index in [4.69, 9.17) is 60.3 Å². The lowest BCUT2D eigenvalue weighted by Gasteiger charge is -2.29. The van der Waals surface area contributed by atoms with Crippen LogP contribution < -0.4 is 26.6 Å². The molecule has 0 aliphatic carbocycles. The van der Waals surface area contributed by atoms with Crippen molar-refractivity contribution in [2.45, 2.75) is 171 Å². The number of nitrogens with one attached hydrogen (secondary N) is 5. The highest BCUT2D eigenvalue weighted by Gasteiger charge is 2.41. The molecule has 0 aromatic carbocycles. The number of aliphatic hydroxyl groups excluding tert-OH is 4. The van der Waals surface area contributed by atoms with Crippen LogP contribution in [0.5, 0.6) is 0 Å². The molecule has 0 bridgehead atoms. The van der Waals surface area contributed by atoms with Crippen molar-refractivity contribution >= 4 is 26.4 Å². The van der Waals surface area contributed by atoms with E-state index in [-0.39, 0.29) is 26.4 Å². The minimum atomic E-state index is -2.50. The first-order chi connectivity index (χ1) is 33.9. The van der Waals surface area contributed by atoms with Crippen molar-refractivity contribution in [1.82, 2.24) is 26.6 Å².